The number of nitrogens with one attached hydrogen (secondary N) is 2. The maximum absolute atomic E-state index is 12.1. The van der Waals surface area contributed by atoms with Crippen molar-refractivity contribution in [1.82, 2.24) is 10.6 Å². The molecule has 2 unspecified atom stereocenters. The van der Waals surface area contributed by atoms with Crippen LogP contribution in [0.25, 0.3) is 0 Å². The second-order valence-corrected chi connectivity index (χ2v) is 6.89. The lowest BCUT2D eigenvalue weighted by molar-refractivity contribution is -0.125. The normalized spacial score (nSPS) is 35.3. The molecule has 2 bridgehead atoms. The Kier molecular flexibility index (Phi) is 4.42. The maximum Gasteiger partial charge on any atom is 0.223 e. The molecule has 0 aromatic heterocycles. The van der Waals surface area contributed by atoms with Crippen LogP contribution < -0.4 is 10.6 Å². The molecule has 1 saturated carbocycles. The summed E-state index contributed by atoms with van der Waals surface area (Å²) < 4.78 is 0. The van der Waals surface area contributed by atoms with E-state index >= 15 is 0 Å². The van der Waals surface area contributed by atoms with Crippen LogP contribution in [0.15, 0.2) is 0 Å². The van der Waals surface area contributed by atoms with Gasteiger partial charge in [0.15, 0.2) is 0 Å². The summed E-state index contributed by atoms with van der Waals surface area (Å²) in [6.07, 6.45) is 12.6. The summed E-state index contributed by atoms with van der Waals surface area (Å²) in [5.74, 6) is 1.49. The van der Waals surface area contributed by atoms with E-state index in [0.29, 0.717) is 11.8 Å². The van der Waals surface area contributed by atoms with Gasteiger partial charge in [-0.25, -0.2) is 0 Å². The Morgan fingerprint density at radius 2 is 1.68 bits per heavy atom. The average molecular weight is 264 g/mol. The summed E-state index contributed by atoms with van der Waals surface area (Å²) >= 11 is 0. The van der Waals surface area contributed by atoms with Crippen molar-refractivity contribution in [3.63, 3.8) is 0 Å². The molecule has 2 atom stereocenters. The zero-order chi connectivity index (χ0) is 13.1. The van der Waals surface area contributed by atoms with Crippen molar-refractivity contribution in [1.29, 1.82) is 0 Å². The van der Waals surface area contributed by atoms with E-state index in [1.165, 1.54) is 51.4 Å². The number of hydrogen-bond donors (Lipinski definition) is 2. The fourth-order valence-corrected chi connectivity index (χ4v) is 4.32. The molecule has 108 valence electrons. The highest BCUT2D eigenvalue weighted by Gasteiger charge is 2.33. The smallest absolute Gasteiger partial charge is 0.223 e. The first-order chi connectivity index (χ1) is 9.31. The SMILES string of the molecule is O=C(NCCC1CC2CCC(C1)N2)C1CCCCC1. The van der Waals surface area contributed by atoms with E-state index in [1.54, 1.807) is 0 Å². The summed E-state index contributed by atoms with van der Waals surface area (Å²) in [6.45, 7) is 0.902. The first-order valence-corrected chi connectivity index (χ1v) is 8.35. The first kappa shape index (κ1) is 13.4. The van der Waals surface area contributed by atoms with E-state index in [9.17, 15) is 4.79 Å². The van der Waals surface area contributed by atoms with Gasteiger partial charge in [-0.1, -0.05) is 19.3 Å². The Labute approximate surface area is 116 Å². The fraction of sp³-hybridized carbons (Fsp3) is 0.938. The first-order valence-electron chi connectivity index (χ1n) is 8.35. The van der Waals surface area contributed by atoms with E-state index in [0.717, 1.165) is 37.4 Å². The molecule has 0 aromatic rings. The molecule has 3 aliphatic rings. The Hall–Kier alpha value is -0.570. The molecule has 2 N–H and O–H groups in total. The Morgan fingerprint density at radius 3 is 2.37 bits per heavy atom. The third-order valence-corrected chi connectivity index (χ3v) is 5.40. The standard InChI is InChI=1S/C16H28N2O/c19-16(13-4-2-1-3-5-13)17-9-8-12-10-14-6-7-15(11-12)18-14/h12-15,18H,1-11H2,(H,17,19). The van der Waals surface area contributed by atoms with Crippen molar-refractivity contribution >= 4 is 5.91 Å². The van der Waals surface area contributed by atoms with Crippen molar-refractivity contribution in [2.45, 2.75) is 76.3 Å². The lowest BCUT2D eigenvalue weighted by atomic mass is 9.88. The molecule has 0 aromatic carbocycles. The van der Waals surface area contributed by atoms with Gasteiger partial charge < -0.3 is 10.6 Å². The monoisotopic (exact) mass is 264 g/mol. The van der Waals surface area contributed by atoms with Gasteiger partial charge in [0.05, 0.1) is 0 Å². The van der Waals surface area contributed by atoms with E-state index in [4.69, 9.17) is 0 Å². The third-order valence-electron chi connectivity index (χ3n) is 5.40. The number of rotatable bonds is 4. The minimum absolute atomic E-state index is 0.318. The number of carbonyl (C=O) groups is 1. The van der Waals surface area contributed by atoms with Crippen LogP contribution in [0.2, 0.25) is 0 Å². The quantitative estimate of drug-likeness (QED) is 0.819. The van der Waals surface area contributed by atoms with Crippen molar-refractivity contribution in [2.24, 2.45) is 11.8 Å². The molecule has 3 nitrogen and oxygen atoms in total. The van der Waals surface area contributed by atoms with E-state index < -0.39 is 0 Å². The summed E-state index contributed by atoms with van der Waals surface area (Å²) in [5.41, 5.74) is 0. The van der Waals surface area contributed by atoms with Crippen molar-refractivity contribution in [2.75, 3.05) is 6.54 Å². The topological polar surface area (TPSA) is 41.1 Å². The van der Waals surface area contributed by atoms with Gasteiger partial charge in [-0.05, 0) is 50.9 Å². The van der Waals surface area contributed by atoms with Crippen molar-refractivity contribution in [3.05, 3.63) is 0 Å². The molecule has 2 saturated heterocycles. The number of fused-ring (bicyclic) bond motifs is 2. The van der Waals surface area contributed by atoms with Crippen LogP contribution in [-0.2, 0) is 4.79 Å². The fourth-order valence-electron chi connectivity index (χ4n) is 4.32. The molecule has 3 fully saturated rings. The second kappa shape index (κ2) is 6.25. The van der Waals surface area contributed by atoms with Gasteiger partial charge in [-0.3, -0.25) is 4.79 Å². The molecule has 1 aliphatic carbocycles. The summed E-state index contributed by atoms with van der Waals surface area (Å²) in [4.78, 5) is 12.1. The summed E-state index contributed by atoms with van der Waals surface area (Å²) in [5, 5.41) is 6.87. The van der Waals surface area contributed by atoms with E-state index in [1.807, 2.05) is 0 Å². The minimum Gasteiger partial charge on any atom is -0.356 e. The maximum atomic E-state index is 12.1. The largest absolute Gasteiger partial charge is 0.356 e. The van der Waals surface area contributed by atoms with Gasteiger partial charge in [0.1, 0.15) is 0 Å². The highest BCUT2D eigenvalue weighted by atomic mass is 16.1. The Morgan fingerprint density at radius 1 is 1.00 bits per heavy atom. The van der Waals surface area contributed by atoms with Crippen LogP contribution >= 0.6 is 0 Å². The van der Waals surface area contributed by atoms with Gasteiger partial charge in [0.25, 0.3) is 0 Å². The minimum atomic E-state index is 0.318. The van der Waals surface area contributed by atoms with E-state index in [-0.39, 0.29) is 0 Å². The molecular weight excluding hydrogens is 236 g/mol. The lowest BCUT2D eigenvalue weighted by Gasteiger charge is -2.29. The highest BCUT2D eigenvalue weighted by Crippen LogP contribution is 2.32. The molecule has 0 spiro atoms. The molecular formula is C16H28N2O. The van der Waals surface area contributed by atoms with Gasteiger partial charge in [0, 0.05) is 24.5 Å². The van der Waals surface area contributed by atoms with Crippen LogP contribution in [0, 0.1) is 11.8 Å². The number of hydrogen-bond acceptors (Lipinski definition) is 2. The van der Waals surface area contributed by atoms with Gasteiger partial charge in [0.2, 0.25) is 5.91 Å². The predicted molar refractivity (Wildman–Crippen MR) is 76.9 cm³/mol. The number of amides is 1. The highest BCUT2D eigenvalue weighted by molar-refractivity contribution is 5.78. The van der Waals surface area contributed by atoms with Gasteiger partial charge in [-0.15, -0.1) is 0 Å². The molecule has 1 amide bonds. The number of carbonyl (C=O) groups excluding carboxylic acids is 1. The second-order valence-electron chi connectivity index (χ2n) is 6.89. The lowest BCUT2D eigenvalue weighted by Crippen LogP contribution is -2.39. The Balaban J connectivity index is 1.35. The molecule has 3 heteroatoms. The van der Waals surface area contributed by atoms with Crippen LogP contribution in [-0.4, -0.2) is 24.5 Å². The molecule has 3 rings (SSSR count). The predicted octanol–water partition coefficient (Wildman–Crippen LogP) is 2.60. The Bertz CT molecular complexity index is 300. The third kappa shape index (κ3) is 3.50. The molecule has 19 heavy (non-hydrogen) atoms. The van der Waals surface area contributed by atoms with Crippen LogP contribution in [0.5, 0.6) is 0 Å². The summed E-state index contributed by atoms with van der Waals surface area (Å²) in [7, 11) is 0. The summed E-state index contributed by atoms with van der Waals surface area (Å²) in [6, 6.07) is 1.55. The molecule has 2 heterocycles. The van der Waals surface area contributed by atoms with Crippen molar-refractivity contribution < 1.29 is 4.79 Å². The van der Waals surface area contributed by atoms with Crippen LogP contribution in [0.4, 0.5) is 0 Å². The zero-order valence-electron chi connectivity index (χ0n) is 12.0. The molecule has 2 aliphatic heterocycles. The molecule has 0 radical (unpaired) electrons. The number of piperidine rings is 1. The van der Waals surface area contributed by atoms with Crippen molar-refractivity contribution in [3.8, 4) is 0 Å². The van der Waals surface area contributed by atoms with E-state index in [2.05, 4.69) is 10.6 Å². The average Bonchev–Trinajstić information content (AvgIpc) is 2.79. The van der Waals surface area contributed by atoms with Crippen LogP contribution in [0.1, 0.15) is 64.2 Å². The van der Waals surface area contributed by atoms with Crippen LogP contribution in [0.3, 0.4) is 0 Å². The zero-order valence-corrected chi connectivity index (χ0v) is 12.0. The van der Waals surface area contributed by atoms with Gasteiger partial charge in [-0.2, -0.15) is 0 Å². The van der Waals surface area contributed by atoms with Gasteiger partial charge >= 0.3 is 0 Å².